The molecule has 0 unspecified atom stereocenters. The Labute approximate surface area is 158 Å². The predicted octanol–water partition coefficient (Wildman–Crippen LogP) is 3.48. The fraction of sp³-hybridized carbons (Fsp3) is 0.381. The number of benzene rings is 1. The van der Waals surface area contributed by atoms with E-state index in [1.807, 2.05) is 12.4 Å². The second kappa shape index (κ2) is 6.89. The molecule has 5 rings (SSSR count). The summed E-state index contributed by atoms with van der Waals surface area (Å²) in [4.78, 5) is 12.1. The third-order valence-corrected chi connectivity index (χ3v) is 6.59. The lowest BCUT2D eigenvalue weighted by atomic mass is 10.2. The maximum Gasteiger partial charge on any atom is 0.0641 e. The van der Waals surface area contributed by atoms with Gasteiger partial charge in [-0.2, -0.15) is 0 Å². The Hall–Kier alpha value is -2.11. The molecule has 0 aliphatic carbocycles. The third-order valence-electron chi connectivity index (χ3n) is 5.74. The van der Waals surface area contributed by atoms with E-state index >= 15 is 0 Å². The molecule has 4 heterocycles. The van der Waals surface area contributed by atoms with Crippen LogP contribution in [0.25, 0.3) is 10.1 Å². The Bertz CT molecular complexity index is 898. The molecular weight excluding hydrogens is 340 g/mol. The number of thiophene rings is 1. The second-order valence-corrected chi connectivity index (χ2v) is 8.13. The highest BCUT2D eigenvalue weighted by atomic mass is 32.1. The van der Waals surface area contributed by atoms with E-state index in [-0.39, 0.29) is 0 Å². The molecule has 2 aliphatic rings. The van der Waals surface area contributed by atoms with Gasteiger partial charge in [-0.1, -0.05) is 18.2 Å². The number of pyridine rings is 1. The lowest BCUT2D eigenvalue weighted by molar-refractivity contribution is 0.263. The Morgan fingerprint density at radius 2 is 1.77 bits per heavy atom. The summed E-state index contributed by atoms with van der Waals surface area (Å²) in [5.74, 6) is 0. The first kappa shape index (κ1) is 16.1. The topological polar surface area (TPSA) is 22.6 Å². The molecular formula is C21H24N4S. The van der Waals surface area contributed by atoms with Crippen LogP contribution in [0.15, 0.2) is 48.1 Å². The minimum Gasteiger partial charge on any atom is -0.370 e. The molecule has 0 bridgehead atoms. The summed E-state index contributed by atoms with van der Waals surface area (Å²) in [5.41, 5.74) is 4.26. The van der Waals surface area contributed by atoms with E-state index < -0.39 is 0 Å². The Balaban J connectivity index is 1.19. The van der Waals surface area contributed by atoms with Gasteiger partial charge in [0.25, 0.3) is 0 Å². The minimum absolute atomic E-state index is 1.09. The lowest BCUT2D eigenvalue weighted by Crippen LogP contribution is -2.48. The molecule has 1 aromatic carbocycles. The zero-order valence-electron chi connectivity index (χ0n) is 15.0. The first-order valence-electron chi connectivity index (χ1n) is 9.50. The number of fused-ring (bicyclic) bond motifs is 2. The van der Waals surface area contributed by atoms with E-state index in [2.05, 4.69) is 55.4 Å². The lowest BCUT2D eigenvalue weighted by Gasteiger charge is -2.37. The van der Waals surface area contributed by atoms with Crippen molar-refractivity contribution in [2.75, 3.05) is 55.6 Å². The number of rotatable bonds is 4. The SMILES string of the molecule is c1ccc2c(c1)CCN2CCN1CCN(c2cncc3sccc23)CC1. The van der Waals surface area contributed by atoms with Crippen LogP contribution in [0.3, 0.4) is 0 Å². The van der Waals surface area contributed by atoms with Crippen molar-refractivity contribution in [1.82, 2.24) is 9.88 Å². The summed E-state index contributed by atoms with van der Waals surface area (Å²) < 4.78 is 1.29. The number of aromatic nitrogens is 1. The highest BCUT2D eigenvalue weighted by Gasteiger charge is 2.22. The van der Waals surface area contributed by atoms with Crippen LogP contribution < -0.4 is 9.80 Å². The Morgan fingerprint density at radius 3 is 2.69 bits per heavy atom. The summed E-state index contributed by atoms with van der Waals surface area (Å²) >= 11 is 1.78. The molecule has 1 fully saturated rings. The first-order chi connectivity index (χ1) is 12.9. The van der Waals surface area contributed by atoms with Crippen molar-refractivity contribution in [1.29, 1.82) is 0 Å². The van der Waals surface area contributed by atoms with Crippen molar-refractivity contribution in [3.8, 4) is 0 Å². The van der Waals surface area contributed by atoms with Crippen molar-refractivity contribution in [3.63, 3.8) is 0 Å². The summed E-state index contributed by atoms with van der Waals surface area (Å²) in [6, 6.07) is 11.1. The largest absolute Gasteiger partial charge is 0.370 e. The van der Waals surface area contributed by atoms with Crippen molar-refractivity contribution in [2.45, 2.75) is 6.42 Å². The van der Waals surface area contributed by atoms with E-state index in [1.54, 1.807) is 11.3 Å². The van der Waals surface area contributed by atoms with Crippen LogP contribution in [0.5, 0.6) is 0 Å². The number of para-hydroxylation sites is 1. The predicted molar refractivity (Wildman–Crippen MR) is 111 cm³/mol. The van der Waals surface area contributed by atoms with Crippen molar-refractivity contribution in [3.05, 3.63) is 53.7 Å². The number of anilines is 2. The van der Waals surface area contributed by atoms with Gasteiger partial charge in [-0.15, -0.1) is 11.3 Å². The van der Waals surface area contributed by atoms with Gasteiger partial charge in [0.1, 0.15) is 0 Å². The zero-order chi connectivity index (χ0) is 17.3. The van der Waals surface area contributed by atoms with Crippen LogP contribution in [-0.2, 0) is 6.42 Å². The number of hydrogen-bond donors (Lipinski definition) is 0. The summed E-state index contributed by atoms with van der Waals surface area (Å²) in [6.07, 6.45) is 5.21. The molecule has 0 saturated carbocycles. The molecule has 134 valence electrons. The van der Waals surface area contributed by atoms with Crippen molar-refractivity contribution < 1.29 is 0 Å². The molecule has 0 N–H and O–H groups in total. The molecule has 2 aliphatic heterocycles. The molecule has 4 nitrogen and oxygen atoms in total. The van der Waals surface area contributed by atoms with Gasteiger partial charge in [-0.3, -0.25) is 9.88 Å². The van der Waals surface area contributed by atoms with E-state index in [0.717, 1.165) is 39.3 Å². The molecule has 0 radical (unpaired) electrons. The highest BCUT2D eigenvalue weighted by molar-refractivity contribution is 7.17. The summed E-state index contributed by atoms with van der Waals surface area (Å²) in [5, 5.41) is 3.52. The van der Waals surface area contributed by atoms with Crippen LogP contribution in [0, 0.1) is 0 Å². The Morgan fingerprint density at radius 1 is 0.885 bits per heavy atom. The average molecular weight is 365 g/mol. The standard InChI is InChI=1S/C21H24N4S/c1-2-4-19-17(3-1)5-7-24(19)11-8-23-9-12-25(13-10-23)20-15-22-16-21-18(20)6-14-26-21/h1-4,6,14-16H,5,7-13H2. The first-order valence-corrected chi connectivity index (χ1v) is 10.4. The smallest absolute Gasteiger partial charge is 0.0641 e. The van der Waals surface area contributed by atoms with Gasteiger partial charge in [-0.25, -0.2) is 0 Å². The summed E-state index contributed by atoms with van der Waals surface area (Å²) in [6.45, 7) is 7.92. The van der Waals surface area contributed by atoms with Crippen LogP contribution >= 0.6 is 11.3 Å². The van der Waals surface area contributed by atoms with Crippen LogP contribution in [0.4, 0.5) is 11.4 Å². The average Bonchev–Trinajstić information content (AvgIpc) is 3.33. The van der Waals surface area contributed by atoms with Gasteiger partial charge in [0.2, 0.25) is 0 Å². The third kappa shape index (κ3) is 2.95. The monoisotopic (exact) mass is 364 g/mol. The fourth-order valence-corrected chi connectivity index (χ4v) is 5.02. The molecule has 0 atom stereocenters. The molecule has 3 aromatic rings. The van der Waals surface area contributed by atoms with E-state index in [4.69, 9.17) is 0 Å². The van der Waals surface area contributed by atoms with Crippen LogP contribution in [0.1, 0.15) is 5.56 Å². The molecule has 5 heteroatoms. The van der Waals surface area contributed by atoms with Gasteiger partial charge in [0.05, 0.1) is 16.6 Å². The molecule has 0 amide bonds. The Kier molecular flexibility index (Phi) is 4.27. The van der Waals surface area contributed by atoms with Gasteiger partial charge in [0.15, 0.2) is 0 Å². The van der Waals surface area contributed by atoms with E-state index in [1.165, 1.54) is 40.0 Å². The van der Waals surface area contributed by atoms with Crippen molar-refractivity contribution >= 4 is 32.8 Å². The van der Waals surface area contributed by atoms with Gasteiger partial charge in [0, 0.05) is 63.1 Å². The number of piperazine rings is 1. The molecule has 26 heavy (non-hydrogen) atoms. The minimum atomic E-state index is 1.09. The van der Waals surface area contributed by atoms with Gasteiger partial charge >= 0.3 is 0 Å². The van der Waals surface area contributed by atoms with E-state index in [9.17, 15) is 0 Å². The number of nitrogens with zero attached hydrogens (tertiary/aromatic N) is 4. The summed E-state index contributed by atoms with van der Waals surface area (Å²) in [7, 11) is 0. The maximum atomic E-state index is 4.44. The normalized spacial score (nSPS) is 17.8. The van der Waals surface area contributed by atoms with Crippen LogP contribution in [-0.4, -0.2) is 55.7 Å². The van der Waals surface area contributed by atoms with Gasteiger partial charge < -0.3 is 9.80 Å². The number of hydrogen-bond acceptors (Lipinski definition) is 5. The molecule has 0 spiro atoms. The van der Waals surface area contributed by atoms with E-state index in [0.29, 0.717) is 0 Å². The molecule has 2 aromatic heterocycles. The maximum absolute atomic E-state index is 4.44. The van der Waals surface area contributed by atoms with Gasteiger partial charge in [-0.05, 0) is 29.5 Å². The second-order valence-electron chi connectivity index (χ2n) is 7.19. The fourth-order valence-electron chi connectivity index (χ4n) is 4.24. The van der Waals surface area contributed by atoms with Crippen molar-refractivity contribution in [2.24, 2.45) is 0 Å². The highest BCUT2D eigenvalue weighted by Crippen LogP contribution is 2.30. The van der Waals surface area contributed by atoms with Crippen LogP contribution in [0.2, 0.25) is 0 Å². The molecule has 1 saturated heterocycles. The zero-order valence-corrected chi connectivity index (χ0v) is 15.8. The quantitative estimate of drug-likeness (QED) is 0.707.